The molecule has 0 bridgehead atoms. The van der Waals surface area contributed by atoms with E-state index in [1.807, 2.05) is 35.7 Å². The summed E-state index contributed by atoms with van der Waals surface area (Å²) in [6, 6.07) is 9.86. The summed E-state index contributed by atoms with van der Waals surface area (Å²) >= 11 is 3.12. The Labute approximate surface area is 148 Å². The van der Waals surface area contributed by atoms with Crippen LogP contribution in [0.2, 0.25) is 0 Å². The van der Waals surface area contributed by atoms with Crippen LogP contribution in [-0.4, -0.2) is 17.6 Å². The third-order valence-electron chi connectivity index (χ3n) is 3.48. The van der Waals surface area contributed by atoms with Gasteiger partial charge in [-0.1, -0.05) is 24.3 Å². The van der Waals surface area contributed by atoms with Gasteiger partial charge in [0.1, 0.15) is 5.75 Å². The first-order valence-electron chi connectivity index (χ1n) is 7.69. The van der Waals surface area contributed by atoms with Gasteiger partial charge in [-0.25, -0.2) is 0 Å². The summed E-state index contributed by atoms with van der Waals surface area (Å²) < 4.78 is 8.49. The van der Waals surface area contributed by atoms with Gasteiger partial charge in [0.15, 0.2) is 4.80 Å². The van der Waals surface area contributed by atoms with Crippen LogP contribution >= 0.6 is 22.7 Å². The van der Waals surface area contributed by atoms with Crippen molar-refractivity contribution in [2.24, 2.45) is 4.99 Å². The monoisotopic (exact) mass is 358 g/mol. The molecule has 1 amide bonds. The van der Waals surface area contributed by atoms with Crippen molar-refractivity contribution in [2.75, 3.05) is 7.11 Å². The number of aromatic nitrogens is 1. The Morgan fingerprint density at radius 1 is 1.38 bits per heavy atom. The van der Waals surface area contributed by atoms with Gasteiger partial charge < -0.3 is 9.30 Å². The average molecular weight is 358 g/mol. The Morgan fingerprint density at radius 2 is 2.25 bits per heavy atom. The van der Waals surface area contributed by atoms with E-state index in [4.69, 9.17) is 4.74 Å². The van der Waals surface area contributed by atoms with Crippen molar-refractivity contribution < 1.29 is 9.53 Å². The quantitative estimate of drug-likeness (QED) is 0.637. The van der Waals surface area contributed by atoms with Crippen LogP contribution in [0.5, 0.6) is 5.75 Å². The van der Waals surface area contributed by atoms with E-state index in [0.29, 0.717) is 0 Å². The highest BCUT2D eigenvalue weighted by Crippen LogP contribution is 2.23. The Morgan fingerprint density at radius 3 is 2.96 bits per heavy atom. The normalized spacial score (nSPS) is 12.3. The van der Waals surface area contributed by atoms with Gasteiger partial charge in [-0.2, -0.15) is 4.99 Å². The summed E-state index contributed by atoms with van der Waals surface area (Å²) in [5, 5.41) is 1.98. The zero-order valence-corrected chi connectivity index (χ0v) is 15.2. The molecule has 0 saturated carbocycles. The summed E-state index contributed by atoms with van der Waals surface area (Å²) in [5.41, 5.74) is 1.05. The molecular formula is C18H18N2O2S2. The number of aryl methyl sites for hydroxylation is 1. The lowest BCUT2D eigenvalue weighted by Gasteiger charge is -2.04. The molecule has 4 nitrogen and oxygen atoms in total. The number of benzene rings is 1. The van der Waals surface area contributed by atoms with Gasteiger partial charge in [-0.3, -0.25) is 4.79 Å². The Balaban J connectivity index is 2.00. The predicted molar refractivity (Wildman–Crippen MR) is 101 cm³/mol. The zero-order valence-electron chi connectivity index (χ0n) is 13.6. The smallest absolute Gasteiger partial charge is 0.272 e. The van der Waals surface area contributed by atoms with Gasteiger partial charge in [0.2, 0.25) is 0 Å². The number of hydrogen-bond acceptors (Lipinski definition) is 4. The van der Waals surface area contributed by atoms with Crippen molar-refractivity contribution in [1.82, 2.24) is 4.57 Å². The van der Waals surface area contributed by atoms with Crippen LogP contribution in [0.1, 0.15) is 18.2 Å². The van der Waals surface area contributed by atoms with E-state index in [2.05, 4.69) is 16.5 Å². The van der Waals surface area contributed by atoms with Crippen LogP contribution in [0.15, 0.2) is 46.8 Å². The maximum absolute atomic E-state index is 12.2. The maximum Gasteiger partial charge on any atom is 0.272 e. The van der Waals surface area contributed by atoms with Crippen LogP contribution < -0.4 is 9.54 Å². The molecule has 2 heterocycles. The van der Waals surface area contributed by atoms with E-state index in [-0.39, 0.29) is 5.91 Å². The summed E-state index contributed by atoms with van der Waals surface area (Å²) in [5.74, 6) is 0.562. The lowest BCUT2D eigenvalue weighted by molar-refractivity contribution is -0.113. The Kier molecular flexibility index (Phi) is 5.27. The fourth-order valence-electron chi connectivity index (χ4n) is 2.37. The highest BCUT2D eigenvalue weighted by atomic mass is 32.1. The predicted octanol–water partition coefficient (Wildman–Crippen LogP) is 4.32. The molecule has 0 aliphatic heterocycles. The SMILES string of the molecule is CCCn1c(=NC(=O)C=Cc2cccs2)sc2ccc(OC)cc21. The lowest BCUT2D eigenvalue weighted by atomic mass is 10.3. The molecule has 0 N–H and O–H groups in total. The van der Waals surface area contributed by atoms with Crippen molar-refractivity contribution in [3.8, 4) is 5.75 Å². The third-order valence-corrected chi connectivity index (χ3v) is 5.37. The fraction of sp³-hybridized carbons (Fsp3) is 0.222. The first-order valence-corrected chi connectivity index (χ1v) is 9.38. The van der Waals surface area contributed by atoms with Gasteiger partial charge in [0.05, 0.1) is 17.3 Å². The number of carbonyl (C=O) groups is 1. The molecule has 2 aromatic heterocycles. The van der Waals surface area contributed by atoms with Gasteiger partial charge in [0.25, 0.3) is 5.91 Å². The first kappa shape index (κ1) is 16.7. The Bertz CT molecular complexity index is 934. The van der Waals surface area contributed by atoms with Crippen LogP contribution in [0.3, 0.4) is 0 Å². The summed E-state index contributed by atoms with van der Waals surface area (Å²) in [4.78, 5) is 18.2. The number of ether oxygens (including phenoxy) is 1. The van der Waals surface area contributed by atoms with Crippen molar-refractivity contribution in [2.45, 2.75) is 19.9 Å². The highest BCUT2D eigenvalue weighted by molar-refractivity contribution is 7.16. The average Bonchev–Trinajstić information content (AvgIpc) is 3.21. The third kappa shape index (κ3) is 3.66. The number of thiazole rings is 1. The van der Waals surface area contributed by atoms with Crippen LogP contribution in [0.25, 0.3) is 16.3 Å². The minimum atomic E-state index is -0.244. The summed E-state index contributed by atoms with van der Waals surface area (Å²) in [7, 11) is 1.65. The van der Waals surface area contributed by atoms with Crippen molar-refractivity contribution >= 4 is 44.9 Å². The van der Waals surface area contributed by atoms with Gasteiger partial charge in [-0.15, -0.1) is 11.3 Å². The second-order valence-corrected chi connectivity index (χ2v) is 7.16. The highest BCUT2D eigenvalue weighted by Gasteiger charge is 2.08. The molecule has 3 aromatic rings. The van der Waals surface area contributed by atoms with E-state index in [9.17, 15) is 4.79 Å². The Hall–Kier alpha value is -2.18. The number of carbonyl (C=O) groups excluding carboxylic acids is 1. The van der Waals surface area contributed by atoms with Gasteiger partial charge in [0, 0.05) is 23.6 Å². The topological polar surface area (TPSA) is 43.6 Å². The maximum atomic E-state index is 12.2. The molecule has 124 valence electrons. The van der Waals surface area contributed by atoms with E-state index in [1.54, 1.807) is 24.5 Å². The molecule has 0 radical (unpaired) electrons. The number of hydrogen-bond donors (Lipinski definition) is 0. The van der Waals surface area contributed by atoms with Crippen molar-refractivity contribution in [3.63, 3.8) is 0 Å². The number of rotatable bonds is 5. The second kappa shape index (κ2) is 7.59. The number of fused-ring (bicyclic) bond motifs is 1. The molecular weight excluding hydrogens is 340 g/mol. The molecule has 6 heteroatoms. The molecule has 0 aliphatic carbocycles. The number of amides is 1. The molecule has 0 spiro atoms. The second-order valence-electron chi connectivity index (χ2n) is 5.17. The zero-order chi connectivity index (χ0) is 16.9. The standard InChI is InChI=1S/C18H18N2O2S2/c1-3-10-20-15-12-13(22-2)6-8-16(15)24-18(20)19-17(21)9-7-14-5-4-11-23-14/h4-9,11-12H,3,10H2,1-2H3. The van der Waals surface area contributed by atoms with Crippen molar-refractivity contribution in [1.29, 1.82) is 0 Å². The molecule has 1 aromatic carbocycles. The molecule has 0 atom stereocenters. The number of nitrogens with zero attached hydrogens (tertiary/aromatic N) is 2. The summed E-state index contributed by atoms with van der Waals surface area (Å²) in [6.45, 7) is 2.92. The molecule has 0 aliphatic rings. The van der Waals surface area contributed by atoms with Crippen LogP contribution in [0, 0.1) is 0 Å². The molecule has 0 fully saturated rings. The van der Waals surface area contributed by atoms with Gasteiger partial charge in [-0.05, 0) is 36.1 Å². The molecule has 0 unspecified atom stereocenters. The molecule has 24 heavy (non-hydrogen) atoms. The van der Waals surface area contributed by atoms with E-state index < -0.39 is 0 Å². The van der Waals surface area contributed by atoms with E-state index in [1.165, 1.54) is 17.4 Å². The number of thiophene rings is 1. The minimum absolute atomic E-state index is 0.244. The summed E-state index contributed by atoms with van der Waals surface area (Å²) in [6.07, 6.45) is 4.29. The first-order chi connectivity index (χ1) is 11.7. The lowest BCUT2D eigenvalue weighted by Crippen LogP contribution is -2.16. The van der Waals surface area contributed by atoms with E-state index >= 15 is 0 Å². The molecule has 3 rings (SSSR count). The van der Waals surface area contributed by atoms with E-state index in [0.717, 1.165) is 38.6 Å². The van der Waals surface area contributed by atoms with Crippen molar-refractivity contribution in [3.05, 3.63) is 51.5 Å². The minimum Gasteiger partial charge on any atom is -0.497 e. The van der Waals surface area contributed by atoms with Gasteiger partial charge >= 0.3 is 0 Å². The van der Waals surface area contributed by atoms with Crippen LogP contribution in [-0.2, 0) is 11.3 Å². The fourth-order valence-corrected chi connectivity index (χ4v) is 4.03. The number of methoxy groups -OCH3 is 1. The van der Waals surface area contributed by atoms with Crippen LogP contribution in [0.4, 0.5) is 0 Å². The largest absolute Gasteiger partial charge is 0.497 e. The molecule has 0 saturated heterocycles.